The number of hydrogen-bond acceptors (Lipinski definition) is 4. The second kappa shape index (κ2) is 7.94. The van der Waals surface area contributed by atoms with Crippen molar-refractivity contribution in [2.75, 3.05) is 31.6 Å². The average molecular weight is 415 g/mol. The van der Waals surface area contributed by atoms with Gasteiger partial charge in [0.25, 0.3) is 5.91 Å². The van der Waals surface area contributed by atoms with Gasteiger partial charge in [0.15, 0.2) is 0 Å². The molecule has 1 amide bonds. The van der Waals surface area contributed by atoms with Crippen LogP contribution < -0.4 is 5.32 Å². The molecule has 0 spiro atoms. The van der Waals surface area contributed by atoms with Crippen molar-refractivity contribution < 1.29 is 17.9 Å². The van der Waals surface area contributed by atoms with Crippen LogP contribution in [0.1, 0.15) is 10.4 Å². The van der Waals surface area contributed by atoms with E-state index in [1.165, 1.54) is 46.8 Å². The van der Waals surface area contributed by atoms with Crippen LogP contribution in [0.25, 0.3) is 0 Å². The van der Waals surface area contributed by atoms with Crippen LogP contribution in [0.4, 0.5) is 5.69 Å². The molecule has 0 atom stereocenters. The summed E-state index contributed by atoms with van der Waals surface area (Å²) in [6.07, 6.45) is 0. The van der Waals surface area contributed by atoms with Crippen LogP contribution in [-0.2, 0) is 14.8 Å². The van der Waals surface area contributed by atoms with Gasteiger partial charge in [-0.3, -0.25) is 4.79 Å². The highest BCUT2D eigenvalue weighted by Crippen LogP contribution is 2.22. The Kier molecular flexibility index (Phi) is 5.84. The summed E-state index contributed by atoms with van der Waals surface area (Å²) >= 11 is 11.8. The number of anilines is 1. The lowest BCUT2D eigenvalue weighted by atomic mass is 10.2. The first kappa shape index (κ1) is 19.1. The number of nitrogens with one attached hydrogen (secondary N) is 1. The van der Waals surface area contributed by atoms with Crippen molar-refractivity contribution in [2.24, 2.45) is 0 Å². The van der Waals surface area contributed by atoms with Gasteiger partial charge in [-0.25, -0.2) is 8.42 Å². The number of morpholine rings is 1. The number of carbonyl (C=O) groups excluding carboxylic acids is 1. The molecule has 1 heterocycles. The third-order valence-corrected chi connectivity index (χ3v) is 6.19. The van der Waals surface area contributed by atoms with Gasteiger partial charge >= 0.3 is 0 Å². The third-order valence-electron chi connectivity index (χ3n) is 3.84. The highest BCUT2D eigenvalue weighted by atomic mass is 35.5. The zero-order valence-electron chi connectivity index (χ0n) is 13.6. The van der Waals surface area contributed by atoms with Gasteiger partial charge in [-0.05, 0) is 42.5 Å². The van der Waals surface area contributed by atoms with Crippen molar-refractivity contribution in [3.63, 3.8) is 0 Å². The highest BCUT2D eigenvalue weighted by molar-refractivity contribution is 7.89. The van der Waals surface area contributed by atoms with Gasteiger partial charge in [-0.15, -0.1) is 0 Å². The summed E-state index contributed by atoms with van der Waals surface area (Å²) in [7, 11) is -3.56. The monoisotopic (exact) mass is 414 g/mol. The van der Waals surface area contributed by atoms with Gasteiger partial charge in [-0.1, -0.05) is 23.2 Å². The van der Waals surface area contributed by atoms with Gasteiger partial charge in [-0.2, -0.15) is 4.31 Å². The minimum absolute atomic E-state index is 0.170. The van der Waals surface area contributed by atoms with E-state index in [0.29, 0.717) is 47.6 Å². The molecule has 0 aromatic heterocycles. The van der Waals surface area contributed by atoms with Crippen molar-refractivity contribution in [2.45, 2.75) is 4.90 Å². The zero-order chi connectivity index (χ0) is 18.7. The van der Waals surface area contributed by atoms with E-state index in [0.717, 1.165) is 0 Å². The number of amides is 1. The lowest BCUT2D eigenvalue weighted by Crippen LogP contribution is -2.40. The maximum atomic E-state index is 12.6. The van der Waals surface area contributed by atoms with Crippen molar-refractivity contribution in [1.29, 1.82) is 0 Å². The second-order valence-electron chi connectivity index (χ2n) is 5.65. The molecule has 138 valence electrons. The molecule has 26 heavy (non-hydrogen) atoms. The summed E-state index contributed by atoms with van der Waals surface area (Å²) in [5, 5.41) is 3.40. The van der Waals surface area contributed by atoms with E-state index < -0.39 is 15.9 Å². The first-order valence-corrected chi connectivity index (χ1v) is 10.0. The van der Waals surface area contributed by atoms with Crippen LogP contribution in [-0.4, -0.2) is 44.9 Å². The minimum Gasteiger partial charge on any atom is -0.379 e. The molecule has 0 saturated carbocycles. The molecule has 1 aliphatic heterocycles. The molecule has 0 bridgehead atoms. The highest BCUT2D eigenvalue weighted by Gasteiger charge is 2.26. The predicted molar refractivity (Wildman–Crippen MR) is 100 cm³/mol. The fraction of sp³-hybridized carbons (Fsp3) is 0.235. The van der Waals surface area contributed by atoms with Crippen molar-refractivity contribution in [3.05, 3.63) is 58.1 Å². The number of carbonyl (C=O) groups is 1. The molecule has 3 rings (SSSR count). The normalized spacial score (nSPS) is 15.6. The molecule has 1 saturated heterocycles. The van der Waals surface area contributed by atoms with Gasteiger partial charge in [0.05, 0.1) is 18.1 Å². The van der Waals surface area contributed by atoms with E-state index in [9.17, 15) is 13.2 Å². The first-order valence-electron chi connectivity index (χ1n) is 7.82. The fourth-order valence-corrected chi connectivity index (χ4v) is 4.47. The van der Waals surface area contributed by atoms with Gasteiger partial charge in [0.1, 0.15) is 0 Å². The maximum absolute atomic E-state index is 12.6. The molecule has 2 aromatic carbocycles. The number of ether oxygens (including phenoxy) is 1. The van der Waals surface area contributed by atoms with Gasteiger partial charge in [0, 0.05) is 34.4 Å². The molecule has 1 fully saturated rings. The number of benzene rings is 2. The molecule has 1 N–H and O–H groups in total. The molecule has 0 aliphatic carbocycles. The van der Waals surface area contributed by atoms with Crippen molar-refractivity contribution in [1.82, 2.24) is 4.31 Å². The topological polar surface area (TPSA) is 75.7 Å². The summed E-state index contributed by atoms with van der Waals surface area (Å²) in [6.45, 7) is 1.43. The number of nitrogens with zero attached hydrogens (tertiary/aromatic N) is 1. The van der Waals surface area contributed by atoms with Crippen LogP contribution in [0.2, 0.25) is 10.0 Å². The van der Waals surface area contributed by atoms with Crippen molar-refractivity contribution in [3.8, 4) is 0 Å². The standard InChI is InChI=1S/C17H16Cl2N2O4S/c18-13-9-12(10-14(19)11-13)17(22)20-15-1-3-16(4-2-15)26(23,24)21-5-7-25-8-6-21/h1-4,9-11H,5-8H2,(H,20,22). The van der Waals surface area contributed by atoms with Crippen LogP contribution in [0.5, 0.6) is 0 Å². The van der Waals surface area contributed by atoms with Crippen molar-refractivity contribution >= 4 is 44.8 Å². The van der Waals surface area contributed by atoms with Crippen LogP contribution in [0, 0.1) is 0 Å². The smallest absolute Gasteiger partial charge is 0.255 e. The molecule has 1 aliphatic rings. The number of hydrogen-bond donors (Lipinski definition) is 1. The molecule has 9 heteroatoms. The predicted octanol–water partition coefficient (Wildman–Crippen LogP) is 3.27. The molecule has 0 unspecified atom stereocenters. The Bertz CT molecular complexity index is 891. The second-order valence-corrected chi connectivity index (χ2v) is 8.46. The fourth-order valence-electron chi connectivity index (χ4n) is 2.53. The minimum atomic E-state index is -3.56. The average Bonchev–Trinajstić information content (AvgIpc) is 2.62. The Hall–Kier alpha value is -1.64. The van der Waals surface area contributed by atoms with Crippen LogP contribution in [0.3, 0.4) is 0 Å². The van der Waals surface area contributed by atoms with E-state index in [4.69, 9.17) is 27.9 Å². The summed E-state index contributed by atoms with van der Waals surface area (Å²) < 4.78 is 31.7. The van der Waals surface area contributed by atoms with E-state index >= 15 is 0 Å². The number of rotatable bonds is 4. The quantitative estimate of drug-likeness (QED) is 0.832. The number of sulfonamides is 1. The summed E-state index contributed by atoms with van der Waals surface area (Å²) in [5.74, 6) is -0.391. The lowest BCUT2D eigenvalue weighted by molar-refractivity contribution is 0.0730. The van der Waals surface area contributed by atoms with Crippen LogP contribution >= 0.6 is 23.2 Å². The van der Waals surface area contributed by atoms with E-state index in [1.54, 1.807) is 0 Å². The first-order chi connectivity index (χ1) is 12.4. The number of halogens is 2. The molecular formula is C17H16Cl2N2O4S. The largest absolute Gasteiger partial charge is 0.379 e. The maximum Gasteiger partial charge on any atom is 0.255 e. The molecule has 6 nitrogen and oxygen atoms in total. The summed E-state index contributed by atoms with van der Waals surface area (Å²) in [4.78, 5) is 12.4. The Morgan fingerprint density at radius 3 is 2.15 bits per heavy atom. The molecule has 0 radical (unpaired) electrons. The van der Waals surface area contributed by atoms with Gasteiger partial charge in [0.2, 0.25) is 10.0 Å². The zero-order valence-corrected chi connectivity index (χ0v) is 15.9. The third kappa shape index (κ3) is 4.36. The summed E-state index contributed by atoms with van der Waals surface area (Å²) in [5.41, 5.74) is 0.777. The van der Waals surface area contributed by atoms with E-state index in [2.05, 4.69) is 5.32 Å². The Labute approximate surface area is 161 Å². The molecule has 2 aromatic rings. The summed E-state index contributed by atoms with van der Waals surface area (Å²) in [6, 6.07) is 10.5. The van der Waals surface area contributed by atoms with Gasteiger partial charge < -0.3 is 10.1 Å². The SMILES string of the molecule is O=C(Nc1ccc(S(=O)(=O)N2CCOCC2)cc1)c1cc(Cl)cc(Cl)c1. The Balaban J connectivity index is 1.74. The van der Waals surface area contributed by atoms with E-state index in [-0.39, 0.29) is 4.90 Å². The Morgan fingerprint density at radius 1 is 1.00 bits per heavy atom. The molecular weight excluding hydrogens is 399 g/mol. The van der Waals surface area contributed by atoms with E-state index in [1.807, 2.05) is 0 Å². The Morgan fingerprint density at radius 2 is 1.58 bits per heavy atom. The van der Waals surface area contributed by atoms with Crippen LogP contribution in [0.15, 0.2) is 47.4 Å². The lowest BCUT2D eigenvalue weighted by Gasteiger charge is -2.26.